The lowest BCUT2D eigenvalue weighted by atomic mass is 10.2. The lowest BCUT2D eigenvalue weighted by Crippen LogP contribution is -2.50. The summed E-state index contributed by atoms with van der Waals surface area (Å²) in [4.78, 5) is 24.2. The number of hydrogen-bond acceptors (Lipinski definition) is 6. The van der Waals surface area contributed by atoms with Gasteiger partial charge < -0.3 is 14.2 Å². The van der Waals surface area contributed by atoms with Crippen molar-refractivity contribution in [3.63, 3.8) is 0 Å². The highest BCUT2D eigenvalue weighted by atomic mass is 16.5. The maximum atomic E-state index is 12.1. The first-order valence-electron chi connectivity index (χ1n) is 9.09. The number of carbonyl (C=O) groups is 2. The summed E-state index contributed by atoms with van der Waals surface area (Å²) in [5.74, 6) is 0.597. The van der Waals surface area contributed by atoms with E-state index >= 15 is 0 Å². The van der Waals surface area contributed by atoms with Crippen molar-refractivity contribution in [2.24, 2.45) is 0 Å². The zero-order valence-electron chi connectivity index (χ0n) is 16.5. The van der Waals surface area contributed by atoms with Crippen LogP contribution in [-0.4, -0.2) is 30.6 Å². The maximum Gasteiger partial charge on any atom is 0.279 e. The molecule has 8 nitrogen and oxygen atoms in total. The van der Waals surface area contributed by atoms with Crippen LogP contribution in [-0.2, 0) is 9.59 Å². The maximum absolute atomic E-state index is 12.1. The molecule has 0 fully saturated rings. The zero-order valence-corrected chi connectivity index (χ0v) is 16.5. The summed E-state index contributed by atoms with van der Waals surface area (Å²) < 4.78 is 16.4. The zero-order chi connectivity index (χ0) is 21.2. The number of benzene rings is 2. The molecule has 2 rings (SSSR count). The van der Waals surface area contributed by atoms with Crippen molar-refractivity contribution in [2.45, 2.75) is 33.0 Å². The highest BCUT2D eigenvalue weighted by Crippen LogP contribution is 2.18. The molecule has 0 saturated carbocycles. The lowest BCUT2D eigenvalue weighted by Gasteiger charge is -2.18. The van der Waals surface area contributed by atoms with Crippen LogP contribution in [0.5, 0.6) is 17.2 Å². The van der Waals surface area contributed by atoms with Gasteiger partial charge in [0.25, 0.3) is 11.8 Å². The number of nitriles is 1. The summed E-state index contributed by atoms with van der Waals surface area (Å²) in [5.41, 5.74) is 5.10. The monoisotopic (exact) mass is 397 g/mol. The molecule has 2 amide bonds. The van der Waals surface area contributed by atoms with Crippen molar-refractivity contribution in [1.82, 2.24) is 10.9 Å². The van der Waals surface area contributed by atoms with Crippen molar-refractivity contribution in [3.05, 3.63) is 54.1 Å². The van der Waals surface area contributed by atoms with Crippen LogP contribution in [0.25, 0.3) is 0 Å². The van der Waals surface area contributed by atoms with Crippen LogP contribution in [0.2, 0.25) is 0 Å². The van der Waals surface area contributed by atoms with Crippen molar-refractivity contribution in [1.29, 1.82) is 5.26 Å². The molecule has 0 radical (unpaired) electrons. The Kier molecular flexibility index (Phi) is 7.86. The molecular weight excluding hydrogens is 374 g/mol. The molecule has 0 aliphatic carbocycles. The number of carbonyl (C=O) groups excluding carboxylic acids is 2. The van der Waals surface area contributed by atoms with Crippen LogP contribution in [0.3, 0.4) is 0 Å². The minimum absolute atomic E-state index is 0.435. The van der Waals surface area contributed by atoms with Gasteiger partial charge in [0, 0.05) is 0 Å². The van der Waals surface area contributed by atoms with E-state index in [-0.39, 0.29) is 0 Å². The van der Waals surface area contributed by atoms with E-state index in [0.29, 0.717) is 29.4 Å². The smallest absolute Gasteiger partial charge is 0.279 e. The first-order valence-corrected chi connectivity index (χ1v) is 9.09. The molecule has 2 unspecified atom stereocenters. The van der Waals surface area contributed by atoms with Crippen LogP contribution in [0.4, 0.5) is 0 Å². The Morgan fingerprint density at radius 3 is 1.69 bits per heavy atom. The molecule has 0 aromatic heterocycles. The number of rotatable bonds is 8. The molecule has 0 spiro atoms. The predicted octanol–water partition coefficient (Wildman–Crippen LogP) is 2.34. The third-order valence-corrected chi connectivity index (χ3v) is 3.79. The Balaban J connectivity index is 1.78. The number of nitrogens with zero attached hydrogens (tertiary/aromatic N) is 1. The second-order valence-electron chi connectivity index (χ2n) is 6.04. The molecular formula is C21H23N3O5. The van der Waals surface area contributed by atoms with Crippen LogP contribution in [0.15, 0.2) is 48.5 Å². The third kappa shape index (κ3) is 6.74. The Bertz CT molecular complexity index is 859. The first-order chi connectivity index (χ1) is 13.9. The Morgan fingerprint density at radius 2 is 1.28 bits per heavy atom. The van der Waals surface area contributed by atoms with Gasteiger partial charge in [-0.3, -0.25) is 20.4 Å². The largest absolute Gasteiger partial charge is 0.494 e. The van der Waals surface area contributed by atoms with E-state index < -0.39 is 24.0 Å². The summed E-state index contributed by atoms with van der Waals surface area (Å²) in [6.07, 6.45) is -1.69. The van der Waals surface area contributed by atoms with Crippen LogP contribution >= 0.6 is 0 Å². The molecule has 0 aliphatic heterocycles. The van der Waals surface area contributed by atoms with Gasteiger partial charge in [0.2, 0.25) is 0 Å². The van der Waals surface area contributed by atoms with Gasteiger partial charge >= 0.3 is 0 Å². The van der Waals surface area contributed by atoms with E-state index in [1.165, 1.54) is 0 Å². The van der Waals surface area contributed by atoms with E-state index in [4.69, 9.17) is 19.5 Å². The van der Waals surface area contributed by atoms with Crippen LogP contribution in [0, 0.1) is 11.3 Å². The average molecular weight is 397 g/mol. The highest BCUT2D eigenvalue weighted by molar-refractivity contribution is 5.86. The molecule has 0 heterocycles. The van der Waals surface area contributed by atoms with Gasteiger partial charge in [-0.05, 0) is 69.3 Å². The van der Waals surface area contributed by atoms with Gasteiger partial charge in [-0.2, -0.15) is 5.26 Å². The SMILES string of the molecule is CCOc1ccc(OC(C)C(=O)NNC(=O)C(C)Oc2ccc(C#N)cc2)cc1. The second-order valence-corrected chi connectivity index (χ2v) is 6.04. The summed E-state index contributed by atoms with van der Waals surface area (Å²) in [7, 11) is 0. The van der Waals surface area contributed by atoms with Crippen LogP contribution < -0.4 is 25.1 Å². The molecule has 2 aromatic rings. The Hall–Kier alpha value is -3.73. The van der Waals surface area contributed by atoms with Gasteiger partial charge in [-0.1, -0.05) is 0 Å². The predicted molar refractivity (Wildman–Crippen MR) is 105 cm³/mol. The molecule has 0 aliphatic rings. The van der Waals surface area contributed by atoms with Crippen molar-refractivity contribution < 1.29 is 23.8 Å². The standard InChI is InChI=1S/C21H23N3O5/c1-4-27-17-9-11-19(12-10-17)29-15(3)21(26)24-23-20(25)14(2)28-18-7-5-16(13-22)6-8-18/h5-12,14-15H,4H2,1-3H3,(H,23,25)(H,24,26). The summed E-state index contributed by atoms with van der Waals surface area (Å²) in [5, 5.41) is 8.78. The van der Waals surface area contributed by atoms with Gasteiger partial charge in [0.15, 0.2) is 12.2 Å². The molecule has 2 aromatic carbocycles. The van der Waals surface area contributed by atoms with E-state index in [0.717, 1.165) is 0 Å². The summed E-state index contributed by atoms with van der Waals surface area (Å²) >= 11 is 0. The number of nitrogens with one attached hydrogen (secondary N) is 2. The quantitative estimate of drug-likeness (QED) is 0.662. The van der Waals surface area contributed by atoms with E-state index in [1.54, 1.807) is 62.4 Å². The van der Waals surface area contributed by atoms with E-state index in [2.05, 4.69) is 10.9 Å². The van der Waals surface area contributed by atoms with Gasteiger partial charge in [0.05, 0.1) is 18.2 Å². The molecule has 2 atom stereocenters. The summed E-state index contributed by atoms with van der Waals surface area (Å²) in [6, 6.07) is 15.2. The Morgan fingerprint density at radius 1 is 0.862 bits per heavy atom. The van der Waals surface area contributed by atoms with Gasteiger partial charge in [0.1, 0.15) is 17.2 Å². The van der Waals surface area contributed by atoms with E-state index in [1.807, 2.05) is 13.0 Å². The summed E-state index contributed by atoms with van der Waals surface area (Å²) in [6.45, 7) is 5.56. The van der Waals surface area contributed by atoms with Crippen LogP contribution in [0.1, 0.15) is 26.3 Å². The number of amides is 2. The van der Waals surface area contributed by atoms with Crippen molar-refractivity contribution in [3.8, 4) is 23.3 Å². The van der Waals surface area contributed by atoms with Gasteiger partial charge in [-0.25, -0.2) is 0 Å². The number of ether oxygens (including phenoxy) is 3. The minimum Gasteiger partial charge on any atom is -0.494 e. The molecule has 29 heavy (non-hydrogen) atoms. The minimum atomic E-state index is -0.856. The molecule has 0 bridgehead atoms. The highest BCUT2D eigenvalue weighted by Gasteiger charge is 2.19. The number of hydrogen-bond donors (Lipinski definition) is 2. The number of hydrazine groups is 1. The van der Waals surface area contributed by atoms with Crippen molar-refractivity contribution >= 4 is 11.8 Å². The average Bonchev–Trinajstić information content (AvgIpc) is 2.73. The first kappa shape index (κ1) is 21.6. The second kappa shape index (κ2) is 10.6. The Labute approximate surface area is 169 Å². The van der Waals surface area contributed by atoms with Gasteiger partial charge in [-0.15, -0.1) is 0 Å². The fourth-order valence-corrected chi connectivity index (χ4v) is 2.23. The van der Waals surface area contributed by atoms with E-state index in [9.17, 15) is 9.59 Å². The molecule has 2 N–H and O–H groups in total. The molecule has 152 valence electrons. The fraction of sp³-hybridized carbons (Fsp3) is 0.286. The molecule has 8 heteroatoms. The topological polar surface area (TPSA) is 110 Å². The third-order valence-electron chi connectivity index (χ3n) is 3.79. The fourth-order valence-electron chi connectivity index (χ4n) is 2.23. The molecule has 0 saturated heterocycles. The lowest BCUT2D eigenvalue weighted by molar-refractivity contribution is -0.135. The normalized spacial score (nSPS) is 12.1. The van der Waals surface area contributed by atoms with Crippen molar-refractivity contribution in [2.75, 3.05) is 6.61 Å².